The molecular formula is C33H35N3O. The molecule has 0 heterocycles. The highest BCUT2D eigenvalue weighted by molar-refractivity contribution is 5.68. The molecule has 0 aliphatic carbocycles. The van der Waals surface area contributed by atoms with Gasteiger partial charge in [0.1, 0.15) is 12.4 Å². The summed E-state index contributed by atoms with van der Waals surface area (Å²) in [4.78, 5) is 2.27. The first-order valence-corrected chi connectivity index (χ1v) is 12.9. The molecule has 0 radical (unpaired) electrons. The van der Waals surface area contributed by atoms with Gasteiger partial charge in [0.05, 0.1) is 11.6 Å². The predicted octanol–water partition coefficient (Wildman–Crippen LogP) is 7.25. The monoisotopic (exact) mass is 489 g/mol. The Morgan fingerprint density at radius 1 is 0.892 bits per heavy atom. The van der Waals surface area contributed by atoms with Gasteiger partial charge in [0.2, 0.25) is 0 Å². The Hall–Kier alpha value is -4.07. The van der Waals surface area contributed by atoms with Crippen molar-refractivity contribution in [3.8, 4) is 22.9 Å². The van der Waals surface area contributed by atoms with Crippen molar-refractivity contribution in [3.05, 3.63) is 119 Å². The molecule has 4 aromatic carbocycles. The van der Waals surface area contributed by atoms with E-state index in [1.54, 1.807) is 0 Å². The van der Waals surface area contributed by atoms with Gasteiger partial charge in [-0.25, -0.2) is 0 Å². The van der Waals surface area contributed by atoms with E-state index in [4.69, 9.17) is 4.74 Å². The lowest BCUT2D eigenvalue weighted by molar-refractivity contribution is 0.302. The number of hydrogen-bond acceptors (Lipinski definition) is 4. The minimum absolute atomic E-state index is 0.418. The Labute approximate surface area is 221 Å². The topological polar surface area (TPSA) is 48.3 Å². The van der Waals surface area contributed by atoms with Gasteiger partial charge < -0.3 is 15.0 Å². The van der Waals surface area contributed by atoms with Crippen LogP contribution in [0.15, 0.2) is 91.0 Å². The Morgan fingerprint density at radius 2 is 1.70 bits per heavy atom. The molecule has 1 N–H and O–H groups in total. The molecule has 0 unspecified atom stereocenters. The number of nitriles is 1. The summed E-state index contributed by atoms with van der Waals surface area (Å²) < 4.78 is 6.32. The lowest BCUT2D eigenvalue weighted by atomic mass is 9.96. The van der Waals surface area contributed by atoms with Crippen molar-refractivity contribution < 1.29 is 4.74 Å². The minimum Gasteiger partial charge on any atom is -0.488 e. The van der Waals surface area contributed by atoms with Crippen LogP contribution in [0.3, 0.4) is 0 Å². The molecular weight excluding hydrogens is 454 g/mol. The van der Waals surface area contributed by atoms with Crippen LogP contribution in [0.2, 0.25) is 0 Å². The van der Waals surface area contributed by atoms with E-state index >= 15 is 0 Å². The molecule has 0 saturated carbocycles. The summed E-state index contributed by atoms with van der Waals surface area (Å²) in [6.45, 7) is 7.30. The quantitative estimate of drug-likeness (QED) is 0.225. The second kappa shape index (κ2) is 12.8. The van der Waals surface area contributed by atoms with Crippen LogP contribution in [0.25, 0.3) is 11.1 Å². The number of rotatable bonds is 11. The maximum Gasteiger partial charge on any atom is 0.126 e. The summed E-state index contributed by atoms with van der Waals surface area (Å²) >= 11 is 0. The Balaban J connectivity index is 1.55. The van der Waals surface area contributed by atoms with Crippen LogP contribution in [0.5, 0.6) is 5.75 Å². The third kappa shape index (κ3) is 6.78. The SMILES string of the molecule is CCCNCc1ccc(N(C)Cc2cccc(-c3ccccc3)c2C)cc1OCc1cccc(C#N)c1. The first kappa shape index (κ1) is 26.0. The Morgan fingerprint density at radius 3 is 2.49 bits per heavy atom. The fourth-order valence-electron chi connectivity index (χ4n) is 4.48. The zero-order valence-electron chi connectivity index (χ0n) is 22.0. The fourth-order valence-corrected chi connectivity index (χ4v) is 4.48. The van der Waals surface area contributed by atoms with E-state index in [0.29, 0.717) is 12.2 Å². The van der Waals surface area contributed by atoms with Crippen molar-refractivity contribution in [2.75, 3.05) is 18.5 Å². The number of ether oxygens (including phenoxy) is 1. The van der Waals surface area contributed by atoms with Crippen LogP contribution in [-0.2, 0) is 19.7 Å². The van der Waals surface area contributed by atoms with Crippen LogP contribution >= 0.6 is 0 Å². The van der Waals surface area contributed by atoms with Crippen molar-refractivity contribution in [3.63, 3.8) is 0 Å². The second-order valence-corrected chi connectivity index (χ2v) is 9.38. The maximum absolute atomic E-state index is 9.23. The molecule has 0 amide bonds. The van der Waals surface area contributed by atoms with Gasteiger partial charge in [-0.3, -0.25) is 0 Å². The van der Waals surface area contributed by atoms with Gasteiger partial charge in [0.15, 0.2) is 0 Å². The third-order valence-electron chi connectivity index (χ3n) is 6.62. The molecule has 0 bridgehead atoms. The first-order chi connectivity index (χ1) is 18.1. The van der Waals surface area contributed by atoms with E-state index in [2.05, 4.69) is 104 Å². The Kier molecular flexibility index (Phi) is 8.97. The predicted molar refractivity (Wildman–Crippen MR) is 153 cm³/mol. The van der Waals surface area contributed by atoms with Gasteiger partial charge in [-0.2, -0.15) is 5.26 Å². The number of hydrogen-bond donors (Lipinski definition) is 1. The zero-order chi connectivity index (χ0) is 26.0. The third-order valence-corrected chi connectivity index (χ3v) is 6.62. The molecule has 4 rings (SSSR count). The summed E-state index contributed by atoms with van der Waals surface area (Å²) in [5, 5.41) is 12.7. The van der Waals surface area contributed by atoms with Crippen LogP contribution in [0, 0.1) is 18.3 Å². The molecule has 0 aliphatic heterocycles. The molecule has 0 atom stereocenters. The van der Waals surface area contributed by atoms with Gasteiger partial charge in [-0.15, -0.1) is 0 Å². The summed E-state index contributed by atoms with van der Waals surface area (Å²) in [7, 11) is 2.12. The average Bonchev–Trinajstić information content (AvgIpc) is 2.94. The molecule has 0 aromatic heterocycles. The summed E-state index contributed by atoms with van der Waals surface area (Å²) in [5.41, 5.74) is 8.97. The van der Waals surface area contributed by atoms with E-state index < -0.39 is 0 Å². The van der Waals surface area contributed by atoms with Gasteiger partial charge in [-0.1, -0.05) is 73.7 Å². The van der Waals surface area contributed by atoms with E-state index in [-0.39, 0.29) is 0 Å². The van der Waals surface area contributed by atoms with E-state index in [1.165, 1.54) is 22.3 Å². The van der Waals surface area contributed by atoms with Crippen LogP contribution in [-0.4, -0.2) is 13.6 Å². The van der Waals surface area contributed by atoms with Gasteiger partial charge in [-0.05, 0) is 65.9 Å². The average molecular weight is 490 g/mol. The van der Waals surface area contributed by atoms with Crippen molar-refractivity contribution in [2.45, 2.75) is 40.0 Å². The molecule has 4 aromatic rings. The zero-order valence-corrected chi connectivity index (χ0v) is 22.0. The summed E-state index contributed by atoms with van der Waals surface area (Å²) in [6, 6.07) is 33.4. The van der Waals surface area contributed by atoms with Gasteiger partial charge >= 0.3 is 0 Å². The van der Waals surface area contributed by atoms with Crippen molar-refractivity contribution in [2.24, 2.45) is 0 Å². The van der Waals surface area contributed by atoms with E-state index in [0.717, 1.165) is 48.6 Å². The highest BCUT2D eigenvalue weighted by atomic mass is 16.5. The fraction of sp³-hybridized carbons (Fsp3) is 0.242. The lowest BCUT2D eigenvalue weighted by Crippen LogP contribution is -2.18. The minimum atomic E-state index is 0.418. The summed E-state index contributed by atoms with van der Waals surface area (Å²) in [5.74, 6) is 0.866. The first-order valence-electron chi connectivity index (χ1n) is 12.9. The molecule has 0 aliphatic rings. The number of anilines is 1. The molecule has 0 spiro atoms. The largest absolute Gasteiger partial charge is 0.488 e. The smallest absolute Gasteiger partial charge is 0.126 e. The van der Waals surface area contributed by atoms with Crippen molar-refractivity contribution in [1.29, 1.82) is 5.26 Å². The highest BCUT2D eigenvalue weighted by Gasteiger charge is 2.12. The molecule has 37 heavy (non-hydrogen) atoms. The molecule has 0 fully saturated rings. The molecule has 4 nitrogen and oxygen atoms in total. The van der Waals surface area contributed by atoms with E-state index in [1.807, 2.05) is 24.3 Å². The van der Waals surface area contributed by atoms with Gasteiger partial charge in [0, 0.05) is 37.5 Å². The Bertz CT molecular complexity index is 1360. The number of benzene rings is 4. The molecule has 0 saturated heterocycles. The standard InChI is InChI=1S/C33H35N3O/c1-4-18-35-22-29-16-17-31(20-33(29)37-24-27-11-8-10-26(19-27)21-34)36(3)23-30-14-9-15-32(25(30)2)28-12-6-5-7-13-28/h5-17,19-20,35H,4,18,22-24H2,1-3H3. The lowest BCUT2D eigenvalue weighted by Gasteiger charge is -2.23. The molecule has 188 valence electrons. The van der Waals surface area contributed by atoms with Crippen LogP contribution in [0.4, 0.5) is 5.69 Å². The number of nitrogens with zero attached hydrogens (tertiary/aromatic N) is 2. The molecule has 4 heteroatoms. The number of nitrogens with one attached hydrogen (secondary N) is 1. The maximum atomic E-state index is 9.23. The second-order valence-electron chi connectivity index (χ2n) is 9.38. The van der Waals surface area contributed by atoms with Crippen molar-refractivity contribution in [1.82, 2.24) is 5.32 Å². The highest BCUT2D eigenvalue weighted by Crippen LogP contribution is 2.30. The van der Waals surface area contributed by atoms with E-state index in [9.17, 15) is 5.26 Å². The normalized spacial score (nSPS) is 10.6. The summed E-state index contributed by atoms with van der Waals surface area (Å²) in [6.07, 6.45) is 1.08. The van der Waals surface area contributed by atoms with Crippen LogP contribution < -0.4 is 15.0 Å². The van der Waals surface area contributed by atoms with Gasteiger partial charge in [0.25, 0.3) is 0 Å². The van der Waals surface area contributed by atoms with Crippen molar-refractivity contribution >= 4 is 5.69 Å². The van der Waals surface area contributed by atoms with Crippen LogP contribution in [0.1, 0.15) is 41.2 Å².